The van der Waals surface area contributed by atoms with Crippen molar-refractivity contribution in [2.75, 3.05) is 0 Å². The number of rotatable bonds is 7. The molecule has 170 valence electrons. The lowest BCUT2D eigenvalue weighted by Crippen LogP contribution is -2.62. The first-order valence-electron chi connectivity index (χ1n) is 10.8. The summed E-state index contributed by atoms with van der Waals surface area (Å²) < 4.78 is 28.1. The first kappa shape index (κ1) is 22.6. The van der Waals surface area contributed by atoms with E-state index >= 15 is 0 Å². The lowest BCUT2D eigenvalue weighted by Gasteiger charge is -2.58. The molecule has 0 saturated heterocycles. The van der Waals surface area contributed by atoms with Crippen LogP contribution < -0.4 is 15.8 Å². The van der Waals surface area contributed by atoms with Crippen LogP contribution in [0.3, 0.4) is 0 Å². The summed E-state index contributed by atoms with van der Waals surface area (Å²) in [5, 5.41) is 3.29. The Morgan fingerprint density at radius 3 is 2.35 bits per heavy atom. The molecule has 4 fully saturated rings. The van der Waals surface area contributed by atoms with Crippen LogP contribution in [0.2, 0.25) is 5.02 Å². The zero-order chi connectivity index (χ0) is 22.6. The van der Waals surface area contributed by atoms with Gasteiger partial charge >= 0.3 is 0 Å². The maximum Gasteiger partial charge on any atom is 0.242 e. The molecule has 0 spiro atoms. The number of benzene rings is 1. The van der Waals surface area contributed by atoms with Gasteiger partial charge in [-0.25, -0.2) is 13.1 Å². The first-order valence-corrected chi connectivity index (χ1v) is 12.6. The topological polar surface area (TPSA) is 118 Å². The van der Waals surface area contributed by atoms with Crippen molar-refractivity contribution in [2.45, 2.75) is 68.8 Å². The lowest BCUT2D eigenvalue weighted by atomic mass is 9.47. The summed E-state index contributed by atoms with van der Waals surface area (Å²) in [6.07, 6.45) is 4.38. The second-order valence-electron chi connectivity index (χ2n) is 10.3. The summed E-state index contributed by atoms with van der Waals surface area (Å²) in [5.41, 5.74) is 4.34. The molecule has 31 heavy (non-hydrogen) atoms. The van der Waals surface area contributed by atoms with Gasteiger partial charge in [0.25, 0.3) is 0 Å². The highest BCUT2D eigenvalue weighted by molar-refractivity contribution is 7.89. The standard InChI is InChI=1S/C22H30ClN3O4S/c1-21(2,26-31(29,30)17-6-4-3-5-16(17)23)12-18(27)25-19-14-7-13-8-15(19)11-22(9-13,10-14)20(24)28/h3-6,13-15,19,26H,7-12H2,1-2H3,(H2,24,28)(H,25,27). The summed E-state index contributed by atoms with van der Waals surface area (Å²) in [6, 6.07) is 6.23. The zero-order valence-electron chi connectivity index (χ0n) is 17.9. The molecule has 2 unspecified atom stereocenters. The van der Waals surface area contributed by atoms with Crippen molar-refractivity contribution in [3.05, 3.63) is 29.3 Å². The fourth-order valence-electron chi connectivity index (χ4n) is 6.32. The molecule has 1 aromatic rings. The lowest BCUT2D eigenvalue weighted by molar-refractivity contribution is -0.147. The van der Waals surface area contributed by atoms with E-state index in [1.165, 1.54) is 12.1 Å². The molecule has 4 aliphatic rings. The van der Waals surface area contributed by atoms with Crippen molar-refractivity contribution in [3.8, 4) is 0 Å². The third kappa shape index (κ3) is 4.34. The van der Waals surface area contributed by atoms with Gasteiger partial charge in [0.15, 0.2) is 0 Å². The highest BCUT2D eigenvalue weighted by Gasteiger charge is 2.58. The molecule has 4 bridgehead atoms. The Balaban J connectivity index is 1.41. The van der Waals surface area contributed by atoms with E-state index in [-0.39, 0.29) is 46.0 Å². The maximum absolute atomic E-state index is 12.9. The number of primary amides is 1. The van der Waals surface area contributed by atoms with Gasteiger partial charge in [-0.05, 0) is 75.8 Å². The van der Waals surface area contributed by atoms with Crippen LogP contribution in [0.25, 0.3) is 0 Å². The average molecular weight is 468 g/mol. The number of hydrogen-bond acceptors (Lipinski definition) is 4. The van der Waals surface area contributed by atoms with E-state index in [0.717, 1.165) is 32.1 Å². The van der Waals surface area contributed by atoms with Gasteiger partial charge in [0.05, 0.1) is 5.02 Å². The van der Waals surface area contributed by atoms with Gasteiger partial charge in [0.1, 0.15) is 4.90 Å². The fourth-order valence-corrected chi connectivity index (χ4v) is 8.25. The Morgan fingerprint density at radius 1 is 1.16 bits per heavy atom. The highest BCUT2D eigenvalue weighted by Crippen LogP contribution is 2.59. The zero-order valence-corrected chi connectivity index (χ0v) is 19.4. The number of sulfonamides is 1. The molecule has 1 aromatic carbocycles. The maximum atomic E-state index is 12.9. The largest absolute Gasteiger partial charge is 0.369 e. The van der Waals surface area contributed by atoms with E-state index < -0.39 is 21.0 Å². The Bertz CT molecular complexity index is 994. The normalized spacial score (nSPS) is 32.1. The summed E-state index contributed by atoms with van der Waals surface area (Å²) in [7, 11) is -3.87. The Labute approximate surface area is 188 Å². The summed E-state index contributed by atoms with van der Waals surface area (Å²) in [5.74, 6) is 0.623. The Hall–Kier alpha value is -1.64. The summed E-state index contributed by atoms with van der Waals surface area (Å²) in [6.45, 7) is 3.36. The average Bonchev–Trinajstić information content (AvgIpc) is 2.63. The van der Waals surface area contributed by atoms with Gasteiger partial charge in [-0.1, -0.05) is 23.7 Å². The minimum atomic E-state index is -3.87. The first-order chi connectivity index (χ1) is 14.4. The SMILES string of the molecule is CC(C)(CC(=O)NC1C2CC3CC1CC(C(N)=O)(C3)C2)NS(=O)(=O)c1ccccc1Cl. The van der Waals surface area contributed by atoms with Crippen molar-refractivity contribution < 1.29 is 18.0 Å². The molecule has 7 nitrogen and oxygen atoms in total. The number of amides is 2. The van der Waals surface area contributed by atoms with Crippen molar-refractivity contribution in [2.24, 2.45) is 28.9 Å². The van der Waals surface area contributed by atoms with Crippen LogP contribution in [-0.4, -0.2) is 31.8 Å². The molecule has 0 heterocycles. The molecule has 0 aromatic heterocycles. The number of hydrogen-bond donors (Lipinski definition) is 3. The minimum Gasteiger partial charge on any atom is -0.369 e. The van der Waals surface area contributed by atoms with Gasteiger partial charge in [-0.3, -0.25) is 9.59 Å². The molecule has 4 N–H and O–H groups in total. The molecule has 9 heteroatoms. The molecule has 2 atom stereocenters. The van der Waals surface area contributed by atoms with Crippen LogP contribution in [-0.2, 0) is 19.6 Å². The van der Waals surface area contributed by atoms with Crippen molar-refractivity contribution >= 4 is 33.4 Å². The number of carbonyl (C=O) groups excluding carboxylic acids is 2. The fraction of sp³-hybridized carbons (Fsp3) is 0.636. The monoisotopic (exact) mass is 467 g/mol. The highest BCUT2D eigenvalue weighted by atomic mass is 35.5. The van der Waals surface area contributed by atoms with Crippen LogP contribution in [0.1, 0.15) is 52.4 Å². The van der Waals surface area contributed by atoms with E-state index in [1.807, 2.05) is 0 Å². The number of nitrogens with two attached hydrogens (primary N) is 1. The van der Waals surface area contributed by atoms with Crippen LogP contribution in [0.15, 0.2) is 29.2 Å². The molecule has 0 aliphatic heterocycles. The van der Waals surface area contributed by atoms with Crippen molar-refractivity contribution in [3.63, 3.8) is 0 Å². The van der Waals surface area contributed by atoms with Crippen molar-refractivity contribution in [1.82, 2.24) is 10.0 Å². The molecule has 0 radical (unpaired) electrons. The molecule has 4 saturated carbocycles. The van der Waals surface area contributed by atoms with E-state index in [1.54, 1.807) is 26.0 Å². The van der Waals surface area contributed by atoms with Crippen LogP contribution in [0, 0.1) is 23.2 Å². The predicted octanol–water partition coefficient (Wildman–Crippen LogP) is 2.58. The summed E-state index contributed by atoms with van der Waals surface area (Å²) >= 11 is 6.04. The van der Waals surface area contributed by atoms with Gasteiger partial charge in [0.2, 0.25) is 21.8 Å². The predicted molar refractivity (Wildman–Crippen MR) is 118 cm³/mol. The van der Waals surface area contributed by atoms with E-state index in [4.69, 9.17) is 17.3 Å². The van der Waals surface area contributed by atoms with Gasteiger partial charge < -0.3 is 11.1 Å². The van der Waals surface area contributed by atoms with E-state index in [9.17, 15) is 18.0 Å². The van der Waals surface area contributed by atoms with E-state index in [2.05, 4.69) is 10.0 Å². The van der Waals surface area contributed by atoms with Gasteiger partial charge in [-0.2, -0.15) is 0 Å². The third-order valence-electron chi connectivity index (χ3n) is 7.26. The molecular formula is C22H30ClN3O4S. The molecule has 4 aliphatic carbocycles. The van der Waals surface area contributed by atoms with Crippen LogP contribution >= 0.6 is 11.6 Å². The number of carbonyl (C=O) groups is 2. The van der Waals surface area contributed by atoms with Crippen molar-refractivity contribution in [1.29, 1.82) is 0 Å². The van der Waals surface area contributed by atoms with Crippen LogP contribution in [0.4, 0.5) is 0 Å². The van der Waals surface area contributed by atoms with Gasteiger partial charge in [-0.15, -0.1) is 0 Å². The van der Waals surface area contributed by atoms with Crippen LogP contribution in [0.5, 0.6) is 0 Å². The molecular weight excluding hydrogens is 438 g/mol. The smallest absolute Gasteiger partial charge is 0.242 e. The molecule has 2 amide bonds. The Morgan fingerprint density at radius 2 is 1.77 bits per heavy atom. The quantitative estimate of drug-likeness (QED) is 0.571. The summed E-state index contributed by atoms with van der Waals surface area (Å²) in [4.78, 5) is 25.0. The Kier molecular flexibility index (Phi) is 5.63. The van der Waals surface area contributed by atoms with E-state index in [0.29, 0.717) is 5.92 Å². The second kappa shape index (κ2) is 7.74. The molecule has 5 rings (SSSR count). The minimum absolute atomic E-state index is 0.00296. The third-order valence-corrected chi connectivity index (χ3v) is 9.46. The number of halogens is 1. The van der Waals surface area contributed by atoms with Gasteiger partial charge in [0, 0.05) is 23.4 Å². The second-order valence-corrected chi connectivity index (χ2v) is 12.4. The number of nitrogens with one attached hydrogen (secondary N) is 2.